The van der Waals surface area contributed by atoms with Crippen molar-refractivity contribution in [3.63, 3.8) is 0 Å². The van der Waals surface area contributed by atoms with Gasteiger partial charge in [0.25, 0.3) is 5.91 Å². The van der Waals surface area contributed by atoms with E-state index in [0.717, 1.165) is 32.5 Å². The summed E-state index contributed by atoms with van der Waals surface area (Å²) in [6, 6.07) is 29.4. The maximum absolute atomic E-state index is 13.7. The standard InChI is InChI=1S/C31H26N2O4S/c1-35-26-18-20(19-27(36-2)29(26)37-3)17-24(23-15-13-22(14-16-23)21-9-5-4-6-10-21)30(34)33-31-32-25-11-7-8-12-28(25)38-31/h4-19H,1-3H3,(H,32,33,34)/b24-17-. The first kappa shape index (κ1) is 25.0. The molecular formula is C31H26N2O4S. The highest BCUT2D eigenvalue weighted by Gasteiger charge is 2.18. The fourth-order valence-corrected chi connectivity index (χ4v) is 5.06. The molecule has 0 unspecified atom stereocenters. The summed E-state index contributed by atoms with van der Waals surface area (Å²) >= 11 is 1.43. The van der Waals surface area contributed by atoms with Gasteiger partial charge in [-0.1, -0.05) is 78.1 Å². The number of thiazole rings is 1. The van der Waals surface area contributed by atoms with Gasteiger partial charge in [0.05, 0.1) is 31.5 Å². The second kappa shape index (κ2) is 11.2. The lowest BCUT2D eigenvalue weighted by molar-refractivity contribution is -0.111. The molecule has 1 N–H and O–H groups in total. The molecule has 0 fully saturated rings. The zero-order chi connectivity index (χ0) is 26.5. The number of aromatic nitrogens is 1. The Hall–Kier alpha value is -4.62. The average molecular weight is 523 g/mol. The molecule has 0 radical (unpaired) electrons. The smallest absolute Gasteiger partial charge is 0.258 e. The van der Waals surface area contributed by atoms with E-state index >= 15 is 0 Å². The van der Waals surface area contributed by atoms with Crippen LogP contribution in [0.15, 0.2) is 91.0 Å². The Bertz CT molecular complexity index is 1550. The fraction of sp³-hybridized carbons (Fsp3) is 0.0968. The SMILES string of the molecule is COc1cc(/C=C(\C(=O)Nc2nc3ccccc3s2)c2ccc(-c3ccccc3)cc2)cc(OC)c1OC. The van der Waals surface area contributed by atoms with E-state index in [1.54, 1.807) is 21.3 Å². The Balaban J connectivity index is 1.56. The molecule has 38 heavy (non-hydrogen) atoms. The number of nitrogens with zero attached hydrogens (tertiary/aromatic N) is 1. The molecule has 0 spiro atoms. The number of rotatable bonds is 8. The Kier molecular flexibility index (Phi) is 7.38. The summed E-state index contributed by atoms with van der Waals surface area (Å²) in [4.78, 5) is 18.3. The van der Waals surface area contributed by atoms with Crippen LogP contribution in [0.4, 0.5) is 5.13 Å². The maximum Gasteiger partial charge on any atom is 0.258 e. The Morgan fingerprint density at radius 3 is 2.05 bits per heavy atom. The zero-order valence-corrected chi connectivity index (χ0v) is 22.0. The molecule has 1 aromatic heterocycles. The predicted molar refractivity (Wildman–Crippen MR) is 154 cm³/mol. The number of para-hydroxylation sites is 1. The number of anilines is 1. The predicted octanol–water partition coefficient (Wildman–Crippen LogP) is 7.17. The second-order valence-corrected chi connectivity index (χ2v) is 9.43. The lowest BCUT2D eigenvalue weighted by atomic mass is 9.98. The molecule has 6 nitrogen and oxygen atoms in total. The summed E-state index contributed by atoms with van der Waals surface area (Å²) in [5.41, 5.74) is 4.97. The van der Waals surface area contributed by atoms with Crippen LogP contribution in [0.3, 0.4) is 0 Å². The second-order valence-electron chi connectivity index (χ2n) is 8.40. The van der Waals surface area contributed by atoms with Crippen molar-refractivity contribution in [1.82, 2.24) is 4.98 Å². The van der Waals surface area contributed by atoms with Crippen LogP contribution in [0, 0.1) is 0 Å². The van der Waals surface area contributed by atoms with Crippen molar-refractivity contribution in [2.75, 3.05) is 26.6 Å². The van der Waals surface area contributed by atoms with Crippen molar-refractivity contribution < 1.29 is 19.0 Å². The first-order valence-corrected chi connectivity index (χ1v) is 12.8. The van der Waals surface area contributed by atoms with Gasteiger partial charge < -0.3 is 14.2 Å². The molecule has 4 aromatic carbocycles. The number of hydrogen-bond acceptors (Lipinski definition) is 6. The maximum atomic E-state index is 13.7. The highest BCUT2D eigenvalue weighted by molar-refractivity contribution is 7.22. The van der Waals surface area contributed by atoms with E-state index in [0.29, 0.717) is 28.0 Å². The molecule has 0 aliphatic heterocycles. The van der Waals surface area contributed by atoms with Crippen molar-refractivity contribution in [2.24, 2.45) is 0 Å². The average Bonchev–Trinajstić information content (AvgIpc) is 3.38. The molecule has 0 aliphatic rings. The molecule has 0 atom stereocenters. The van der Waals surface area contributed by atoms with E-state index in [2.05, 4.69) is 22.4 Å². The van der Waals surface area contributed by atoms with E-state index < -0.39 is 0 Å². The first-order valence-electron chi connectivity index (χ1n) is 11.9. The number of carbonyl (C=O) groups is 1. The molecular weight excluding hydrogens is 496 g/mol. The topological polar surface area (TPSA) is 69.7 Å². The minimum absolute atomic E-state index is 0.273. The summed E-state index contributed by atoms with van der Waals surface area (Å²) in [5, 5.41) is 3.52. The molecule has 0 saturated carbocycles. The van der Waals surface area contributed by atoms with E-state index in [-0.39, 0.29) is 5.91 Å². The number of carbonyl (C=O) groups excluding carboxylic acids is 1. The number of hydrogen-bond donors (Lipinski definition) is 1. The van der Waals surface area contributed by atoms with Crippen LogP contribution in [0.5, 0.6) is 17.2 Å². The number of amides is 1. The van der Waals surface area contributed by atoms with Gasteiger partial charge in [0, 0.05) is 5.57 Å². The summed E-state index contributed by atoms with van der Waals surface area (Å²) < 4.78 is 17.5. The molecule has 1 amide bonds. The Morgan fingerprint density at radius 1 is 0.789 bits per heavy atom. The van der Waals surface area contributed by atoms with Gasteiger partial charge in [0.15, 0.2) is 16.6 Å². The van der Waals surface area contributed by atoms with Gasteiger partial charge in [-0.2, -0.15) is 0 Å². The van der Waals surface area contributed by atoms with Crippen LogP contribution in [-0.2, 0) is 4.79 Å². The lowest BCUT2D eigenvalue weighted by Crippen LogP contribution is -2.13. The van der Waals surface area contributed by atoms with E-state index in [1.165, 1.54) is 11.3 Å². The summed E-state index contributed by atoms with van der Waals surface area (Å²) in [7, 11) is 4.68. The Morgan fingerprint density at radius 2 is 1.42 bits per heavy atom. The van der Waals surface area contributed by atoms with Crippen molar-refractivity contribution in [1.29, 1.82) is 0 Å². The van der Waals surface area contributed by atoms with Gasteiger partial charge in [-0.15, -0.1) is 0 Å². The molecule has 0 aliphatic carbocycles. The quantitative estimate of drug-likeness (QED) is 0.173. The summed E-state index contributed by atoms with van der Waals surface area (Å²) in [6.07, 6.45) is 1.81. The fourth-order valence-electron chi connectivity index (χ4n) is 4.19. The highest BCUT2D eigenvalue weighted by Crippen LogP contribution is 2.39. The first-order chi connectivity index (χ1) is 18.6. The van der Waals surface area contributed by atoms with Gasteiger partial charge in [-0.05, 0) is 52.6 Å². The van der Waals surface area contributed by atoms with Crippen molar-refractivity contribution >= 4 is 44.2 Å². The molecule has 0 saturated heterocycles. The van der Waals surface area contributed by atoms with Crippen LogP contribution in [-0.4, -0.2) is 32.2 Å². The minimum atomic E-state index is -0.273. The highest BCUT2D eigenvalue weighted by atomic mass is 32.1. The van der Waals surface area contributed by atoms with E-state index in [1.807, 2.05) is 84.9 Å². The van der Waals surface area contributed by atoms with Crippen LogP contribution in [0.25, 0.3) is 33.0 Å². The molecule has 7 heteroatoms. The van der Waals surface area contributed by atoms with Crippen molar-refractivity contribution in [3.8, 4) is 28.4 Å². The monoisotopic (exact) mass is 522 g/mol. The zero-order valence-electron chi connectivity index (χ0n) is 21.2. The van der Waals surface area contributed by atoms with Gasteiger partial charge >= 0.3 is 0 Å². The number of ether oxygens (including phenoxy) is 3. The van der Waals surface area contributed by atoms with Crippen LogP contribution >= 0.6 is 11.3 Å². The van der Waals surface area contributed by atoms with Crippen molar-refractivity contribution in [3.05, 3.63) is 102 Å². The minimum Gasteiger partial charge on any atom is -0.493 e. The number of benzene rings is 4. The van der Waals surface area contributed by atoms with Gasteiger partial charge in [0.2, 0.25) is 5.75 Å². The van der Waals surface area contributed by atoms with E-state index in [9.17, 15) is 4.79 Å². The van der Waals surface area contributed by atoms with Gasteiger partial charge in [0.1, 0.15) is 0 Å². The molecule has 0 bridgehead atoms. The van der Waals surface area contributed by atoms with Crippen LogP contribution in [0.1, 0.15) is 11.1 Å². The number of nitrogens with one attached hydrogen (secondary N) is 1. The van der Waals surface area contributed by atoms with Crippen LogP contribution in [0.2, 0.25) is 0 Å². The lowest BCUT2D eigenvalue weighted by Gasteiger charge is -2.14. The number of fused-ring (bicyclic) bond motifs is 1. The molecule has 190 valence electrons. The molecule has 5 rings (SSSR count). The van der Waals surface area contributed by atoms with Gasteiger partial charge in [-0.3, -0.25) is 10.1 Å². The Labute approximate surface area is 225 Å². The number of methoxy groups -OCH3 is 3. The third kappa shape index (κ3) is 5.23. The normalized spacial score (nSPS) is 11.3. The van der Waals surface area contributed by atoms with E-state index in [4.69, 9.17) is 14.2 Å². The van der Waals surface area contributed by atoms with Crippen LogP contribution < -0.4 is 19.5 Å². The third-order valence-electron chi connectivity index (χ3n) is 6.06. The molecule has 5 aromatic rings. The largest absolute Gasteiger partial charge is 0.493 e. The van der Waals surface area contributed by atoms with Crippen molar-refractivity contribution in [2.45, 2.75) is 0 Å². The third-order valence-corrected chi connectivity index (χ3v) is 7.01. The summed E-state index contributed by atoms with van der Waals surface area (Å²) in [6.45, 7) is 0. The van der Waals surface area contributed by atoms with Gasteiger partial charge in [-0.25, -0.2) is 4.98 Å². The molecule has 1 heterocycles. The summed E-state index contributed by atoms with van der Waals surface area (Å²) in [5.74, 6) is 1.22.